The predicted molar refractivity (Wildman–Crippen MR) is 140 cm³/mol. The van der Waals surface area contributed by atoms with Gasteiger partial charge in [0.2, 0.25) is 0 Å². The molecule has 0 unspecified atom stereocenters. The maximum atomic E-state index is 14.2. The van der Waals surface area contributed by atoms with Crippen LogP contribution < -0.4 is 0 Å². The lowest BCUT2D eigenvalue weighted by molar-refractivity contribution is 0.611. The Bertz CT molecular complexity index is 866. The van der Waals surface area contributed by atoms with E-state index in [4.69, 9.17) is 0 Å². The summed E-state index contributed by atoms with van der Waals surface area (Å²) >= 11 is 0. The summed E-state index contributed by atoms with van der Waals surface area (Å²) < 4.78 is 14.2. The number of benzene rings is 1. The second kappa shape index (κ2) is 14.6. The van der Waals surface area contributed by atoms with Gasteiger partial charge in [-0.25, -0.2) is 4.39 Å². The van der Waals surface area contributed by atoms with Gasteiger partial charge in [0.1, 0.15) is 5.82 Å². The van der Waals surface area contributed by atoms with Gasteiger partial charge in [0.15, 0.2) is 0 Å². The molecule has 1 aromatic carbocycles. The topological polar surface area (TPSA) is 0 Å². The summed E-state index contributed by atoms with van der Waals surface area (Å²) in [6.07, 6.45) is 11.9. The third-order valence-corrected chi connectivity index (χ3v) is 5.18. The van der Waals surface area contributed by atoms with Crippen LogP contribution in [0.15, 0.2) is 78.0 Å². The van der Waals surface area contributed by atoms with Crippen LogP contribution in [0.2, 0.25) is 0 Å². The minimum atomic E-state index is -0.149. The van der Waals surface area contributed by atoms with E-state index in [1.54, 1.807) is 6.07 Å². The number of rotatable bonds is 8. The van der Waals surface area contributed by atoms with Crippen LogP contribution in [0.3, 0.4) is 0 Å². The fraction of sp³-hybridized carbons (Fsp3) is 0.400. The number of allylic oxidation sites excluding steroid dienone is 10. The zero-order valence-electron chi connectivity index (χ0n) is 21.3. The van der Waals surface area contributed by atoms with Crippen molar-refractivity contribution in [3.8, 4) is 0 Å². The standard InChI is InChI=1S/C22H27F.C8H16/c1-8-15(4)11-12-16(5)18(7)20(10-3)21-14-22(23)19(9-2)13-17(21)6;1-7(2)5-6-8(3)4/h8,10-14H,1,3,9H2,2,4-7H3;5,8H,6H2,1-4H3/b15-11-,16-12+,20-18+;. The lowest BCUT2D eigenvalue weighted by Crippen LogP contribution is -1.97. The molecule has 0 aromatic heterocycles. The SMILES string of the molecule is C=C\C(C)=C/C=C(C)/C(C)=C(\C=C)c1cc(F)c(CC)cc1C.CC(C)=CCC(C)C. The van der Waals surface area contributed by atoms with Gasteiger partial charge in [-0.2, -0.15) is 0 Å². The molecule has 0 N–H and O–H groups in total. The molecular weight excluding hydrogens is 379 g/mol. The second-order valence-electron chi connectivity index (χ2n) is 8.73. The van der Waals surface area contributed by atoms with E-state index in [1.807, 2.05) is 52.0 Å². The molecule has 1 aromatic rings. The smallest absolute Gasteiger partial charge is 0.127 e. The Morgan fingerprint density at radius 2 is 1.61 bits per heavy atom. The van der Waals surface area contributed by atoms with Crippen molar-refractivity contribution in [2.24, 2.45) is 5.92 Å². The van der Waals surface area contributed by atoms with E-state index >= 15 is 0 Å². The molecule has 0 amide bonds. The fourth-order valence-electron chi connectivity index (χ4n) is 2.90. The first-order chi connectivity index (χ1) is 14.5. The van der Waals surface area contributed by atoms with E-state index in [2.05, 4.69) is 59.9 Å². The molecule has 0 spiro atoms. The molecule has 31 heavy (non-hydrogen) atoms. The zero-order valence-corrected chi connectivity index (χ0v) is 21.3. The van der Waals surface area contributed by atoms with E-state index in [0.29, 0.717) is 6.42 Å². The predicted octanol–water partition coefficient (Wildman–Crippen LogP) is 9.73. The van der Waals surface area contributed by atoms with Gasteiger partial charge in [-0.3, -0.25) is 0 Å². The largest absolute Gasteiger partial charge is 0.207 e. The van der Waals surface area contributed by atoms with Crippen molar-refractivity contribution < 1.29 is 4.39 Å². The van der Waals surface area contributed by atoms with E-state index < -0.39 is 0 Å². The molecule has 170 valence electrons. The summed E-state index contributed by atoms with van der Waals surface area (Å²) in [6, 6.07) is 3.56. The summed E-state index contributed by atoms with van der Waals surface area (Å²) in [5.41, 5.74) is 8.46. The third-order valence-electron chi connectivity index (χ3n) is 5.18. The summed E-state index contributed by atoms with van der Waals surface area (Å²) in [5, 5.41) is 0. The zero-order chi connectivity index (χ0) is 24.1. The van der Waals surface area contributed by atoms with Crippen molar-refractivity contribution in [2.75, 3.05) is 0 Å². The molecule has 0 bridgehead atoms. The van der Waals surface area contributed by atoms with E-state index in [0.717, 1.165) is 44.9 Å². The van der Waals surface area contributed by atoms with Gasteiger partial charge in [-0.15, -0.1) is 0 Å². The fourth-order valence-corrected chi connectivity index (χ4v) is 2.90. The Hall–Kier alpha value is -2.41. The van der Waals surface area contributed by atoms with Gasteiger partial charge in [0.05, 0.1) is 0 Å². The highest BCUT2D eigenvalue weighted by molar-refractivity contribution is 5.80. The van der Waals surface area contributed by atoms with Crippen molar-refractivity contribution in [3.05, 3.63) is 100 Å². The molecule has 1 heteroatoms. The molecule has 0 heterocycles. The Balaban J connectivity index is 0.000000954. The molecular formula is C30H43F. The minimum absolute atomic E-state index is 0.149. The highest BCUT2D eigenvalue weighted by Crippen LogP contribution is 2.29. The summed E-state index contributed by atoms with van der Waals surface area (Å²) in [6.45, 7) is 26.5. The first-order valence-electron chi connectivity index (χ1n) is 11.2. The van der Waals surface area contributed by atoms with Crippen LogP contribution in [0.25, 0.3) is 5.57 Å². The monoisotopic (exact) mass is 422 g/mol. The van der Waals surface area contributed by atoms with Crippen LogP contribution in [0.4, 0.5) is 4.39 Å². The van der Waals surface area contributed by atoms with E-state index in [-0.39, 0.29) is 5.82 Å². The molecule has 0 aliphatic rings. The van der Waals surface area contributed by atoms with Crippen LogP contribution in [-0.4, -0.2) is 0 Å². The molecule has 0 saturated heterocycles. The highest BCUT2D eigenvalue weighted by Gasteiger charge is 2.11. The molecule has 0 atom stereocenters. The van der Waals surface area contributed by atoms with Crippen molar-refractivity contribution in [1.29, 1.82) is 0 Å². The van der Waals surface area contributed by atoms with Gasteiger partial charge >= 0.3 is 0 Å². The molecule has 0 nitrogen and oxygen atoms in total. The van der Waals surface area contributed by atoms with Crippen molar-refractivity contribution in [3.63, 3.8) is 0 Å². The lowest BCUT2D eigenvalue weighted by Gasteiger charge is -2.14. The maximum Gasteiger partial charge on any atom is 0.127 e. The quantitative estimate of drug-likeness (QED) is 0.289. The molecule has 0 aliphatic carbocycles. The van der Waals surface area contributed by atoms with Gasteiger partial charge < -0.3 is 0 Å². The number of hydrogen-bond acceptors (Lipinski definition) is 0. The Kier molecular flexibility index (Phi) is 13.4. The highest BCUT2D eigenvalue weighted by atomic mass is 19.1. The number of hydrogen-bond donors (Lipinski definition) is 0. The molecule has 1 rings (SSSR count). The summed E-state index contributed by atoms with van der Waals surface area (Å²) in [7, 11) is 0. The van der Waals surface area contributed by atoms with Gasteiger partial charge in [0.25, 0.3) is 0 Å². The third kappa shape index (κ3) is 10.4. The van der Waals surface area contributed by atoms with Crippen LogP contribution in [0.1, 0.15) is 78.5 Å². The normalized spacial score (nSPS) is 12.6. The van der Waals surface area contributed by atoms with Crippen molar-refractivity contribution in [1.82, 2.24) is 0 Å². The van der Waals surface area contributed by atoms with Crippen LogP contribution in [0, 0.1) is 18.7 Å². The number of aryl methyl sites for hydroxylation is 2. The first kappa shape index (κ1) is 28.6. The van der Waals surface area contributed by atoms with Crippen molar-refractivity contribution >= 4 is 5.57 Å². The summed E-state index contributed by atoms with van der Waals surface area (Å²) in [4.78, 5) is 0. The molecule has 0 aliphatic heterocycles. The van der Waals surface area contributed by atoms with Gasteiger partial charge in [0, 0.05) is 0 Å². The summed E-state index contributed by atoms with van der Waals surface area (Å²) in [5.74, 6) is 0.661. The Morgan fingerprint density at radius 1 is 1.00 bits per heavy atom. The van der Waals surface area contributed by atoms with Crippen molar-refractivity contribution in [2.45, 2.75) is 75.2 Å². The van der Waals surface area contributed by atoms with E-state index in [9.17, 15) is 4.39 Å². The van der Waals surface area contributed by atoms with Crippen LogP contribution >= 0.6 is 0 Å². The van der Waals surface area contributed by atoms with E-state index in [1.165, 1.54) is 12.0 Å². The van der Waals surface area contributed by atoms with Crippen LogP contribution in [0.5, 0.6) is 0 Å². The lowest BCUT2D eigenvalue weighted by atomic mass is 9.91. The van der Waals surface area contributed by atoms with Gasteiger partial charge in [-0.05, 0) is 99.8 Å². The maximum absolute atomic E-state index is 14.2. The van der Waals surface area contributed by atoms with Gasteiger partial charge in [-0.1, -0.05) is 81.5 Å². The average molecular weight is 423 g/mol. The van der Waals surface area contributed by atoms with Crippen LogP contribution in [-0.2, 0) is 6.42 Å². The Labute approximate surface area is 191 Å². The molecule has 0 saturated carbocycles. The minimum Gasteiger partial charge on any atom is -0.207 e. The number of halogens is 1. The second-order valence-corrected chi connectivity index (χ2v) is 8.73. The Morgan fingerprint density at radius 3 is 2.03 bits per heavy atom. The molecule has 0 radical (unpaired) electrons. The average Bonchev–Trinajstić information content (AvgIpc) is 2.73. The first-order valence-corrected chi connectivity index (χ1v) is 11.2. The molecule has 0 fully saturated rings.